The van der Waals surface area contributed by atoms with Crippen molar-refractivity contribution in [1.29, 1.82) is 0 Å². The number of para-hydroxylation sites is 1. The van der Waals surface area contributed by atoms with Crippen LogP contribution in [0.2, 0.25) is 0 Å². The summed E-state index contributed by atoms with van der Waals surface area (Å²) < 4.78 is 5.91. The predicted molar refractivity (Wildman–Crippen MR) is 112 cm³/mol. The van der Waals surface area contributed by atoms with Gasteiger partial charge in [0.2, 0.25) is 5.91 Å². The zero-order valence-electron chi connectivity index (χ0n) is 16.3. The molecular weight excluding hydrogens is 370 g/mol. The Kier molecular flexibility index (Phi) is 6.07. The Labute approximate surface area is 170 Å². The molecule has 2 fully saturated rings. The monoisotopic (exact) mass is 397 g/mol. The van der Waals surface area contributed by atoms with E-state index in [1.165, 1.54) is 12.8 Å². The molecule has 0 bridgehead atoms. The number of aryl methyl sites for hydroxylation is 1. The maximum absolute atomic E-state index is 12.3. The van der Waals surface area contributed by atoms with Gasteiger partial charge >= 0.3 is 0 Å². The highest BCUT2D eigenvalue weighted by molar-refractivity contribution is 7.09. The summed E-state index contributed by atoms with van der Waals surface area (Å²) >= 11 is 1.62. The summed E-state index contributed by atoms with van der Waals surface area (Å²) in [6.45, 7) is 4.62. The summed E-state index contributed by atoms with van der Waals surface area (Å²) in [5.74, 6) is 0.727. The van der Waals surface area contributed by atoms with E-state index in [-0.39, 0.29) is 11.9 Å². The fourth-order valence-corrected chi connectivity index (χ4v) is 4.24. The SMILES string of the molecule is Cc1nc(COc2ccccc2/C=C/C(=O)NC2CCN(C3CC3)CC2)cs1. The molecule has 1 aliphatic carbocycles. The van der Waals surface area contributed by atoms with Gasteiger partial charge in [0, 0.05) is 42.2 Å². The second-order valence-corrected chi connectivity index (χ2v) is 8.63. The Bertz CT molecular complexity index is 836. The number of carbonyl (C=O) groups is 1. The molecule has 2 heterocycles. The molecule has 0 atom stereocenters. The topological polar surface area (TPSA) is 54.5 Å². The lowest BCUT2D eigenvalue weighted by Crippen LogP contribution is -2.44. The molecule has 148 valence electrons. The predicted octanol–water partition coefficient (Wildman–Crippen LogP) is 3.79. The van der Waals surface area contributed by atoms with Gasteiger partial charge < -0.3 is 15.0 Å². The molecular formula is C22H27N3O2S. The van der Waals surface area contributed by atoms with E-state index in [0.717, 1.165) is 54.0 Å². The van der Waals surface area contributed by atoms with Crippen molar-refractivity contribution in [1.82, 2.24) is 15.2 Å². The number of rotatable bonds is 7. The van der Waals surface area contributed by atoms with Crippen LogP contribution < -0.4 is 10.1 Å². The van der Waals surface area contributed by atoms with Crippen LogP contribution in [0.3, 0.4) is 0 Å². The molecule has 5 nitrogen and oxygen atoms in total. The third-order valence-electron chi connectivity index (χ3n) is 5.31. The molecule has 1 amide bonds. The van der Waals surface area contributed by atoms with E-state index < -0.39 is 0 Å². The van der Waals surface area contributed by atoms with Crippen molar-refractivity contribution < 1.29 is 9.53 Å². The van der Waals surface area contributed by atoms with Gasteiger partial charge in [0.25, 0.3) is 0 Å². The van der Waals surface area contributed by atoms with Gasteiger partial charge in [-0.3, -0.25) is 4.79 Å². The number of carbonyl (C=O) groups excluding carboxylic acids is 1. The van der Waals surface area contributed by atoms with E-state index in [1.807, 2.05) is 42.6 Å². The Balaban J connectivity index is 1.29. The standard InChI is InChI=1S/C22H27N3O2S/c1-16-23-19(15-28-16)14-27-21-5-3-2-4-17(21)6-9-22(26)24-18-10-12-25(13-11-18)20-7-8-20/h2-6,9,15,18,20H,7-8,10-14H2,1H3,(H,24,26)/b9-6+. The lowest BCUT2D eigenvalue weighted by atomic mass is 10.0. The zero-order chi connectivity index (χ0) is 19.3. The number of nitrogens with one attached hydrogen (secondary N) is 1. The summed E-state index contributed by atoms with van der Waals surface area (Å²) in [4.78, 5) is 19.3. The smallest absolute Gasteiger partial charge is 0.244 e. The summed E-state index contributed by atoms with van der Waals surface area (Å²) in [6.07, 6.45) is 8.23. The third-order valence-corrected chi connectivity index (χ3v) is 6.14. The molecule has 0 unspecified atom stereocenters. The van der Waals surface area contributed by atoms with E-state index in [1.54, 1.807) is 17.4 Å². The number of likely N-dealkylation sites (tertiary alicyclic amines) is 1. The molecule has 0 radical (unpaired) electrons. The van der Waals surface area contributed by atoms with Crippen molar-refractivity contribution in [2.45, 2.75) is 51.3 Å². The van der Waals surface area contributed by atoms with Crippen molar-refractivity contribution >= 4 is 23.3 Å². The first kappa shape index (κ1) is 19.2. The van der Waals surface area contributed by atoms with Gasteiger partial charge in [-0.2, -0.15) is 0 Å². The minimum atomic E-state index is -0.0326. The van der Waals surface area contributed by atoms with Crippen molar-refractivity contribution in [2.24, 2.45) is 0 Å². The van der Waals surface area contributed by atoms with E-state index in [9.17, 15) is 4.79 Å². The second kappa shape index (κ2) is 8.88. The van der Waals surface area contributed by atoms with Crippen LogP contribution in [-0.4, -0.2) is 41.0 Å². The maximum Gasteiger partial charge on any atom is 0.244 e. The first-order valence-corrected chi connectivity index (χ1v) is 10.9. The molecule has 2 aliphatic rings. The summed E-state index contributed by atoms with van der Waals surface area (Å²) in [5.41, 5.74) is 1.82. The Morgan fingerprint density at radius 2 is 2.07 bits per heavy atom. The molecule has 0 spiro atoms. The Morgan fingerprint density at radius 1 is 1.29 bits per heavy atom. The van der Waals surface area contributed by atoms with Gasteiger partial charge in [-0.15, -0.1) is 11.3 Å². The quantitative estimate of drug-likeness (QED) is 0.723. The average Bonchev–Trinajstić information content (AvgIpc) is 3.47. The van der Waals surface area contributed by atoms with Crippen molar-refractivity contribution in [3.05, 3.63) is 52.0 Å². The zero-order valence-corrected chi connectivity index (χ0v) is 17.1. The van der Waals surface area contributed by atoms with E-state index in [0.29, 0.717) is 6.61 Å². The Morgan fingerprint density at radius 3 is 2.79 bits per heavy atom. The van der Waals surface area contributed by atoms with Crippen LogP contribution in [-0.2, 0) is 11.4 Å². The number of amides is 1. The molecule has 28 heavy (non-hydrogen) atoms. The minimum Gasteiger partial charge on any atom is -0.487 e. The molecule has 1 saturated carbocycles. The fourth-order valence-electron chi connectivity index (χ4n) is 3.64. The Hall–Kier alpha value is -2.18. The number of benzene rings is 1. The van der Waals surface area contributed by atoms with Crippen LogP contribution in [0.1, 0.15) is 41.9 Å². The van der Waals surface area contributed by atoms with Gasteiger partial charge in [-0.05, 0) is 44.7 Å². The first-order valence-electron chi connectivity index (χ1n) is 10.0. The van der Waals surface area contributed by atoms with Gasteiger partial charge in [-0.25, -0.2) is 4.98 Å². The van der Waals surface area contributed by atoms with Crippen LogP contribution in [0, 0.1) is 6.92 Å². The van der Waals surface area contributed by atoms with E-state index in [4.69, 9.17) is 4.74 Å². The van der Waals surface area contributed by atoms with Crippen molar-refractivity contribution in [3.8, 4) is 5.75 Å². The van der Waals surface area contributed by atoms with Crippen LogP contribution in [0.5, 0.6) is 5.75 Å². The molecule has 1 aliphatic heterocycles. The lowest BCUT2D eigenvalue weighted by molar-refractivity contribution is -0.117. The van der Waals surface area contributed by atoms with Gasteiger partial charge in [-0.1, -0.05) is 18.2 Å². The highest BCUT2D eigenvalue weighted by atomic mass is 32.1. The number of piperidine rings is 1. The molecule has 4 rings (SSSR count). The molecule has 2 aromatic rings. The summed E-state index contributed by atoms with van der Waals surface area (Å²) in [7, 11) is 0. The minimum absolute atomic E-state index is 0.0326. The fraction of sp³-hybridized carbons (Fsp3) is 0.455. The highest BCUT2D eigenvalue weighted by Crippen LogP contribution is 2.29. The number of hydrogen-bond donors (Lipinski definition) is 1. The third kappa shape index (κ3) is 5.20. The number of nitrogens with zero attached hydrogens (tertiary/aromatic N) is 2. The molecule has 1 aromatic carbocycles. The van der Waals surface area contributed by atoms with Crippen LogP contribution >= 0.6 is 11.3 Å². The number of ether oxygens (including phenoxy) is 1. The van der Waals surface area contributed by atoms with Crippen LogP contribution in [0.25, 0.3) is 6.08 Å². The average molecular weight is 398 g/mol. The normalized spacial score (nSPS) is 18.5. The molecule has 1 saturated heterocycles. The van der Waals surface area contributed by atoms with Crippen molar-refractivity contribution in [2.75, 3.05) is 13.1 Å². The summed E-state index contributed by atoms with van der Waals surface area (Å²) in [5, 5.41) is 6.19. The first-order chi connectivity index (χ1) is 13.7. The lowest BCUT2D eigenvalue weighted by Gasteiger charge is -2.32. The highest BCUT2D eigenvalue weighted by Gasteiger charge is 2.31. The van der Waals surface area contributed by atoms with E-state index >= 15 is 0 Å². The van der Waals surface area contributed by atoms with Gasteiger partial charge in [0.15, 0.2) is 0 Å². The number of hydrogen-bond acceptors (Lipinski definition) is 5. The van der Waals surface area contributed by atoms with Crippen LogP contribution in [0.15, 0.2) is 35.7 Å². The molecule has 1 aromatic heterocycles. The second-order valence-electron chi connectivity index (χ2n) is 7.57. The maximum atomic E-state index is 12.3. The van der Waals surface area contributed by atoms with E-state index in [2.05, 4.69) is 15.2 Å². The largest absolute Gasteiger partial charge is 0.487 e. The molecule has 6 heteroatoms. The van der Waals surface area contributed by atoms with Gasteiger partial charge in [0.1, 0.15) is 12.4 Å². The van der Waals surface area contributed by atoms with Crippen LogP contribution in [0.4, 0.5) is 0 Å². The van der Waals surface area contributed by atoms with Gasteiger partial charge in [0.05, 0.1) is 10.7 Å². The summed E-state index contributed by atoms with van der Waals surface area (Å²) in [6, 6.07) is 8.87. The number of aromatic nitrogens is 1. The van der Waals surface area contributed by atoms with Crippen molar-refractivity contribution in [3.63, 3.8) is 0 Å². The number of thiazole rings is 1. The molecule has 1 N–H and O–H groups in total.